The predicted octanol–water partition coefficient (Wildman–Crippen LogP) is 18.1. The fourth-order valence-corrected chi connectivity index (χ4v) is 11.0. The number of ether oxygens (including phenoxy) is 2. The van der Waals surface area contributed by atoms with Gasteiger partial charge in [0.25, 0.3) is 0 Å². The summed E-state index contributed by atoms with van der Waals surface area (Å²) in [6, 6.07) is 22.5. The molecule has 0 aromatic heterocycles. The van der Waals surface area contributed by atoms with Crippen LogP contribution in [0.3, 0.4) is 0 Å². The Balaban J connectivity index is 2.16. The molecule has 2 aromatic carbocycles. The zero-order valence-corrected chi connectivity index (χ0v) is 46.4. The molecule has 0 amide bonds. The number of hydrogen-bond acceptors (Lipinski definition) is 4. The molecule has 4 nitrogen and oxygen atoms in total. The lowest BCUT2D eigenvalue weighted by Gasteiger charge is -2.50. The van der Waals surface area contributed by atoms with Crippen LogP contribution in [0.25, 0.3) is 0 Å². The molecule has 7 atom stereocenters. The Morgan fingerprint density at radius 1 is 0.477 bits per heavy atom. The minimum Gasteiger partial charge on any atom is -0.462 e. The number of carbonyl (C=O) groups excluding carboxylic acids is 2. The van der Waals surface area contributed by atoms with Crippen molar-refractivity contribution in [3.8, 4) is 0 Å². The van der Waals surface area contributed by atoms with Crippen molar-refractivity contribution in [2.24, 2.45) is 62.1 Å². The molecule has 372 valence electrons. The first-order valence-corrected chi connectivity index (χ1v) is 26.2. The van der Waals surface area contributed by atoms with Crippen molar-refractivity contribution in [1.29, 1.82) is 0 Å². The third-order valence-electron chi connectivity index (χ3n) is 16.6. The largest absolute Gasteiger partial charge is 0.462 e. The first-order chi connectivity index (χ1) is 29.7. The van der Waals surface area contributed by atoms with Crippen LogP contribution in [0, 0.1) is 62.1 Å². The SMILES string of the molecule is CC(CCC(C)(C)C(C)(C)C(CC(C)(C)CCCC(C)OC(=O)C(C)C(C)C)c1ccccc1)CC(C)(C)CC(C)(C)CC(c1ccccc1)C(C)(C)CCC(C)OC(=O)C(C)C(C)C. The van der Waals surface area contributed by atoms with E-state index < -0.39 is 0 Å². The molecule has 7 unspecified atom stereocenters. The summed E-state index contributed by atoms with van der Waals surface area (Å²) in [5.41, 5.74) is 3.55. The van der Waals surface area contributed by atoms with Crippen molar-refractivity contribution in [2.45, 2.75) is 240 Å². The van der Waals surface area contributed by atoms with Gasteiger partial charge in [0.05, 0.1) is 24.0 Å². The Morgan fingerprint density at radius 3 is 1.35 bits per heavy atom. The lowest BCUT2D eigenvalue weighted by molar-refractivity contribution is -0.155. The molecule has 0 aliphatic rings. The molecule has 0 bridgehead atoms. The van der Waals surface area contributed by atoms with Crippen molar-refractivity contribution in [3.05, 3.63) is 71.8 Å². The summed E-state index contributed by atoms with van der Waals surface area (Å²) in [6.07, 6.45) is 11.8. The predicted molar refractivity (Wildman–Crippen MR) is 280 cm³/mol. The van der Waals surface area contributed by atoms with E-state index in [0.717, 1.165) is 44.9 Å². The van der Waals surface area contributed by atoms with E-state index in [4.69, 9.17) is 9.47 Å². The topological polar surface area (TPSA) is 52.6 Å². The van der Waals surface area contributed by atoms with Gasteiger partial charge in [-0.2, -0.15) is 0 Å². The van der Waals surface area contributed by atoms with Gasteiger partial charge in [0.1, 0.15) is 0 Å². The van der Waals surface area contributed by atoms with Crippen LogP contribution in [-0.2, 0) is 19.1 Å². The molecular weight excluding hydrogens is 797 g/mol. The molecule has 2 aromatic rings. The van der Waals surface area contributed by atoms with Gasteiger partial charge in [-0.25, -0.2) is 0 Å². The maximum atomic E-state index is 12.8. The third kappa shape index (κ3) is 19.1. The van der Waals surface area contributed by atoms with Crippen LogP contribution < -0.4 is 0 Å². The van der Waals surface area contributed by atoms with Gasteiger partial charge in [-0.05, 0) is 151 Å². The van der Waals surface area contributed by atoms with E-state index in [9.17, 15) is 9.59 Å². The lowest BCUT2D eigenvalue weighted by Crippen LogP contribution is -2.40. The van der Waals surface area contributed by atoms with E-state index in [1.165, 1.54) is 36.8 Å². The van der Waals surface area contributed by atoms with Crippen LogP contribution >= 0.6 is 0 Å². The van der Waals surface area contributed by atoms with E-state index >= 15 is 0 Å². The average Bonchev–Trinajstić information content (AvgIpc) is 3.19. The third-order valence-corrected chi connectivity index (χ3v) is 16.6. The molecule has 0 heterocycles. The summed E-state index contributed by atoms with van der Waals surface area (Å²) < 4.78 is 11.8. The lowest BCUT2D eigenvalue weighted by atomic mass is 9.54. The number of benzene rings is 2. The van der Waals surface area contributed by atoms with Gasteiger partial charge in [0.15, 0.2) is 0 Å². The Bertz CT molecular complexity index is 1680. The number of rotatable bonds is 29. The van der Waals surface area contributed by atoms with E-state index in [-0.39, 0.29) is 80.3 Å². The van der Waals surface area contributed by atoms with Crippen molar-refractivity contribution in [3.63, 3.8) is 0 Å². The molecule has 2 rings (SSSR count). The van der Waals surface area contributed by atoms with E-state index in [2.05, 4.69) is 192 Å². The quantitative estimate of drug-likeness (QED) is 0.0764. The van der Waals surface area contributed by atoms with Gasteiger partial charge in [-0.1, -0.05) is 199 Å². The van der Waals surface area contributed by atoms with Crippen molar-refractivity contribution in [1.82, 2.24) is 0 Å². The zero-order valence-electron chi connectivity index (χ0n) is 46.4. The minimum atomic E-state index is -0.0949. The van der Waals surface area contributed by atoms with Gasteiger partial charge in [0.2, 0.25) is 0 Å². The highest BCUT2D eigenvalue weighted by molar-refractivity contribution is 5.72. The summed E-state index contributed by atoms with van der Waals surface area (Å²) >= 11 is 0. The number of esters is 2. The molecule has 0 aliphatic heterocycles. The maximum absolute atomic E-state index is 12.8. The first-order valence-electron chi connectivity index (χ1n) is 26.2. The number of carbonyl (C=O) groups is 2. The highest BCUT2D eigenvalue weighted by Gasteiger charge is 2.45. The summed E-state index contributed by atoms with van der Waals surface area (Å²) in [4.78, 5) is 25.4. The fraction of sp³-hybridized carbons (Fsp3) is 0.770. The summed E-state index contributed by atoms with van der Waals surface area (Å²) in [5.74, 6) is 1.70. The summed E-state index contributed by atoms with van der Waals surface area (Å²) in [7, 11) is 0. The van der Waals surface area contributed by atoms with Crippen LogP contribution in [0.1, 0.15) is 239 Å². The minimum absolute atomic E-state index is 0.0343. The molecule has 0 radical (unpaired) electrons. The second kappa shape index (κ2) is 24.6. The normalized spacial score (nSPS) is 16.7. The molecule has 0 saturated heterocycles. The number of hydrogen-bond donors (Lipinski definition) is 0. The average molecular weight is 901 g/mol. The van der Waals surface area contributed by atoms with Crippen molar-refractivity contribution in [2.75, 3.05) is 0 Å². The van der Waals surface area contributed by atoms with Gasteiger partial charge >= 0.3 is 11.9 Å². The highest BCUT2D eigenvalue weighted by atomic mass is 16.5. The maximum Gasteiger partial charge on any atom is 0.309 e. The standard InChI is InChI=1S/C61H104O4/c1-43(2)48(8)54(62)64-46(6)29-28-36-56(10,11)41-53(51-32-26-23-27-33-51)61(20,21)60(18,19)38-34-45(5)39-57(12,13)42-58(14,15)40-52(50-30-24-22-25-31-50)59(16,17)37-35-47(7)65-55(63)49(9)44(3)4/h22-27,30-33,43-49,52-53H,28-29,34-42H2,1-21H3. The highest BCUT2D eigenvalue weighted by Crippen LogP contribution is 2.56. The molecular formula is C61H104O4. The zero-order chi connectivity index (χ0) is 49.8. The molecule has 4 heteroatoms. The van der Waals surface area contributed by atoms with E-state index in [1.807, 2.05) is 13.8 Å². The van der Waals surface area contributed by atoms with Crippen molar-refractivity contribution < 1.29 is 19.1 Å². The van der Waals surface area contributed by atoms with Gasteiger partial charge < -0.3 is 9.47 Å². The second-order valence-corrected chi connectivity index (χ2v) is 26.4. The Labute approximate surface area is 403 Å². The van der Waals surface area contributed by atoms with Gasteiger partial charge in [0, 0.05) is 0 Å². The monoisotopic (exact) mass is 901 g/mol. The van der Waals surface area contributed by atoms with E-state index in [1.54, 1.807) is 0 Å². The summed E-state index contributed by atoms with van der Waals surface area (Å²) in [6.45, 7) is 48.9. The molecule has 0 saturated carbocycles. The Morgan fingerprint density at radius 2 is 0.892 bits per heavy atom. The van der Waals surface area contributed by atoms with Crippen LogP contribution in [0.2, 0.25) is 0 Å². The molecule has 0 aliphatic carbocycles. The van der Waals surface area contributed by atoms with E-state index in [0.29, 0.717) is 17.8 Å². The van der Waals surface area contributed by atoms with Crippen LogP contribution in [0.4, 0.5) is 0 Å². The van der Waals surface area contributed by atoms with Crippen LogP contribution in [-0.4, -0.2) is 24.1 Å². The Kier molecular flexibility index (Phi) is 22.1. The Hall–Kier alpha value is -2.62. The smallest absolute Gasteiger partial charge is 0.309 e. The van der Waals surface area contributed by atoms with Gasteiger partial charge in [-0.3, -0.25) is 9.59 Å². The van der Waals surface area contributed by atoms with Crippen LogP contribution in [0.15, 0.2) is 60.7 Å². The molecule has 0 spiro atoms. The molecule has 0 N–H and O–H groups in total. The molecule has 65 heavy (non-hydrogen) atoms. The van der Waals surface area contributed by atoms with Gasteiger partial charge in [-0.15, -0.1) is 0 Å². The summed E-state index contributed by atoms with van der Waals surface area (Å²) in [5, 5.41) is 0. The van der Waals surface area contributed by atoms with Crippen LogP contribution in [0.5, 0.6) is 0 Å². The second-order valence-electron chi connectivity index (χ2n) is 26.4. The first kappa shape index (κ1) is 58.5. The fourth-order valence-electron chi connectivity index (χ4n) is 11.0. The van der Waals surface area contributed by atoms with Crippen molar-refractivity contribution >= 4 is 11.9 Å². The molecule has 0 fully saturated rings.